The highest BCUT2D eigenvalue weighted by Gasteiger charge is 2.26. The molecule has 0 atom stereocenters. The maximum Gasteiger partial charge on any atom is 0.250 e. The fraction of sp³-hybridized carbons (Fsp3) is 0.304. The van der Waals surface area contributed by atoms with Gasteiger partial charge in [0.05, 0.1) is 24.2 Å². The summed E-state index contributed by atoms with van der Waals surface area (Å²) in [7, 11) is 0. The van der Waals surface area contributed by atoms with Gasteiger partial charge >= 0.3 is 0 Å². The van der Waals surface area contributed by atoms with Crippen LogP contribution in [-0.2, 0) is 32.2 Å². The highest BCUT2D eigenvalue weighted by molar-refractivity contribution is 5.84. The van der Waals surface area contributed by atoms with Gasteiger partial charge in [0.2, 0.25) is 11.8 Å². The van der Waals surface area contributed by atoms with Gasteiger partial charge in [-0.3, -0.25) is 0 Å². The van der Waals surface area contributed by atoms with Crippen LogP contribution >= 0.6 is 0 Å². The first-order valence-electron chi connectivity index (χ1n) is 11.3. The molecule has 6 rings (SSSR count). The summed E-state index contributed by atoms with van der Waals surface area (Å²) >= 11 is 0. The number of aromatic nitrogens is 7. The average Bonchev–Trinajstić information content (AvgIpc) is 3.63. The van der Waals surface area contributed by atoms with Crippen molar-refractivity contribution >= 4 is 11.8 Å². The van der Waals surface area contributed by atoms with Crippen LogP contribution in [-0.4, -0.2) is 58.9 Å². The Morgan fingerprint density at radius 2 is 1.91 bits per heavy atom. The minimum Gasteiger partial charge on any atom is -0.420 e. The highest BCUT2D eigenvalue weighted by Crippen LogP contribution is 2.24. The van der Waals surface area contributed by atoms with Crippen molar-refractivity contribution in [2.24, 2.45) is 5.10 Å². The normalized spacial score (nSPS) is 15.5. The second-order valence-corrected chi connectivity index (χ2v) is 8.50. The Kier molecular flexibility index (Phi) is 5.34. The van der Waals surface area contributed by atoms with Crippen molar-refractivity contribution in [1.29, 1.82) is 0 Å². The molecule has 2 aliphatic rings. The molecule has 0 saturated carbocycles. The van der Waals surface area contributed by atoms with Crippen LogP contribution in [0, 0.1) is 6.57 Å². The van der Waals surface area contributed by atoms with Gasteiger partial charge < -0.3 is 14.6 Å². The van der Waals surface area contributed by atoms with Gasteiger partial charge in [0.15, 0.2) is 5.84 Å². The monoisotopic (exact) mass is 467 g/mol. The number of rotatable bonds is 5. The van der Waals surface area contributed by atoms with Gasteiger partial charge in [0, 0.05) is 31.4 Å². The van der Waals surface area contributed by atoms with Gasteiger partial charge in [-0.1, -0.05) is 24.3 Å². The molecule has 4 aromatic rings. The largest absolute Gasteiger partial charge is 0.420 e. The smallest absolute Gasteiger partial charge is 0.250 e. The number of benzene rings is 1. The molecule has 12 nitrogen and oxygen atoms in total. The zero-order valence-electron chi connectivity index (χ0n) is 18.7. The summed E-state index contributed by atoms with van der Waals surface area (Å²) in [5, 5.41) is 26.6. The first-order chi connectivity index (χ1) is 17.2. The molecule has 4 heterocycles. The fourth-order valence-electron chi connectivity index (χ4n) is 4.52. The van der Waals surface area contributed by atoms with Crippen LogP contribution < -0.4 is 5.32 Å². The molecule has 3 aromatic heterocycles. The predicted octanol–water partition coefficient (Wildman–Crippen LogP) is 2.06. The quantitative estimate of drug-likeness (QED) is 0.195. The molecule has 0 unspecified atom stereocenters. The van der Waals surface area contributed by atoms with Crippen LogP contribution in [0.25, 0.3) is 16.4 Å². The number of aromatic amines is 1. The maximum atomic E-state index is 7.20. The van der Waals surface area contributed by atoms with E-state index < -0.39 is 0 Å². The summed E-state index contributed by atoms with van der Waals surface area (Å²) in [5.74, 6) is 1.80. The number of fused-ring (bicyclic) bond motifs is 2. The lowest BCUT2D eigenvalue weighted by molar-refractivity contribution is 0.376. The molecule has 0 spiro atoms. The number of nitrogens with zero attached hydrogens (tertiary/aromatic N) is 9. The van der Waals surface area contributed by atoms with Crippen molar-refractivity contribution in [2.75, 3.05) is 11.9 Å². The number of amidine groups is 1. The van der Waals surface area contributed by atoms with Crippen molar-refractivity contribution in [3.05, 3.63) is 76.6 Å². The lowest BCUT2D eigenvalue weighted by Crippen LogP contribution is -2.37. The van der Waals surface area contributed by atoms with Crippen molar-refractivity contribution < 1.29 is 4.42 Å². The Balaban J connectivity index is 1.11. The Labute approximate surface area is 200 Å². The number of anilines is 1. The van der Waals surface area contributed by atoms with E-state index in [1.54, 1.807) is 12.4 Å². The summed E-state index contributed by atoms with van der Waals surface area (Å²) in [6, 6.07) is 8.75. The zero-order chi connectivity index (χ0) is 23.6. The molecule has 12 heteroatoms. The predicted molar refractivity (Wildman–Crippen MR) is 125 cm³/mol. The van der Waals surface area contributed by atoms with Gasteiger partial charge in [-0.05, 0) is 24.0 Å². The standard InChI is InChI=1S/C23H21N11O/c1-24-30-20(34-7-6-18-19(13-34)29-33-28-18)10-21-31-32-22(35-21)16-11-25-23(26-12-16)27-17-8-14-4-2-3-5-15(14)9-17/h2-5,11-12,17H,6-10,13H2,(H,25,26,27)(H,28,29,33)/b30-20-. The summed E-state index contributed by atoms with van der Waals surface area (Å²) in [5.41, 5.74) is 5.16. The van der Waals surface area contributed by atoms with Gasteiger partial charge in [0.25, 0.3) is 5.89 Å². The van der Waals surface area contributed by atoms with Crippen LogP contribution in [0.5, 0.6) is 0 Å². The molecule has 2 N–H and O–H groups in total. The Bertz CT molecular complexity index is 1390. The molecule has 0 saturated heterocycles. The minimum absolute atomic E-state index is 0.241. The summed E-state index contributed by atoms with van der Waals surface area (Å²) < 4.78 is 5.84. The first-order valence-corrected chi connectivity index (χ1v) is 11.3. The lowest BCUT2D eigenvalue weighted by atomic mass is 10.1. The molecular weight excluding hydrogens is 446 g/mol. The van der Waals surface area contributed by atoms with E-state index in [0.717, 1.165) is 30.7 Å². The second-order valence-electron chi connectivity index (χ2n) is 8.50. The first kappa shape index (κ1) is 20.9. The third kappa shape index (κ3) is 4.31. The van der Waals surface area contributed by atoms with Gasteiger partial charge in [0.1, 0.15) is 10.8 Å². The Morgan fingerprint density at radius 1 is 1.14 bits per heavy atom. The summed E-state index contributed by atoms with van der Waals surface area (Å²) in [6.45, 7) is 8.41. The maximum absolute atomic E-state index is 7.20. The van der Waals surface area contributed by atoms with Crippen LogP contribution in [0.15, 0.2) is 46.2 Å². The average molecular weight is 467 g/mol. The van der Waals surface area contributed by atoms with E-state index in [1.807, 2.05) is 4.90 Å². The van der Waals surface area contributed by atoms with E-state index in [1.165, 1.54) is 11.1 Å². The Morgan fingerprint density at radius 3 is 2.69 bits per heavy atom. The molecule has 0 amide bonds. The Hall–Kier alpha value is -4.66. The second kappa shape index (κ2) is 8.94. The van der Waals surface area contributed by atoms with E-state index in [4.69, 9.17) is 11.0 Å². The molecule has 1 aliphatic heterocycles. The molecule has 1 aliphatic carbocycles. The number of hydrogen-bond donors (Lipinski definition) is 2. The molecule has 0 radical (unpaired) electrons. The molecule has 0 fully saturated rings. The van der Waals surface area contributed by atoms with E-state index in [-0.39, 0.29) is 12.5 Å². The molecule has 174 valence electrons. The SMILES string of the molecule is [C-]#[N+]/N=C(/Cc1nnc(-c2cnc(NC3Cc4ccccc4C3)nc2)o1)N1CCc2n[nH]nc2C1. The third-order valence-electron chi connectivity index (χ3n) is 6.25. The van der Waals surface area contributed by atoms with Crippen LogP contribution in [0.2, 0.25) is 0 Å². The van der Waals surface area contributed by atoms with Gasteiger partial charge in [-0.2, -0.15) is 22.0 Å². The van der Waals surface area contributed by atoms with E-state index in [2.05, 4.69) is 75.2 Å². The number of nitrogens with one attached hydrogen (secondary N) is 2. The third-order valence-corrected chi connectivity index (χ3v) is 6.25. The van der Waals surface area contributed by atoms with Crippen molar-refractivity contribution in [1.82, 2.24) is 40.5 Å². The molecular formula is C23H21N11O. The van der Waals surface area contributed by atoms with Crippen LogP contribution in [0.3, 0.4) is 0 Å². The lowest BCUT2D eigenvalue weighted by Gasteiger charge is -2.25. The summed E-state index contributed by atoms with van der Waals surface area (Å²) in [4.78, 5) is 14.1. The van der Waals surface area contributed by atoms with E-state index >= 15 is 0 Å². The minimum atomic E-state index is 0.241. The molecule has 1 aromatic carbocycles. The fourth-order valence-corrected chi connectivity index (χ4v) is 4.52. The van der Waals surface area contributed by atoms with E-state index in [9.17, 15) is 0 Å². The summed E-state index contributed by atoms with van der Waals surface area (Å²) in [6.07, 6.45) is 6.21. The van der Waals surface area contributed by atoms with Crippen molar-refractivity contribution in [2.45, 2.75) is 38.3 Å². The number of hydrogen-bond acceptors (Lipinski definition) is 9. The van der Waals surface area contributed by atoms with Crippen molar-refractivity contribution in [3.63, 3.8) is 0 Å². The topological polar surface area (TPSA) is 138 Å². The highest BCUT2D eigenvalue weighted by atomic mass is 16.4. The number of H-pyrrole nitrogens is 1. The molecule has 35 heavy (non-hydrogen) atoms. The van der Waals surface area contributed by atoms with Crippen LogP contribution in [0.1, 0.15) is 28.4 Å². The van der Waals surface area contributed by atoms with E-state index in [0.29, 0.717) is 42.2 Å². The van der Waals surface area contributed by atoms with Gasteiger partial charge in [-0.25, -0.2) is 9.97 Å². The van der Waals surface area contributed by atoms with Gasteiger partial charge in [-0.15, -0.1) is 15.2 Å². The van der Waals surface area contributed by atoms with Crippen molar-refractivity contribution in [3.8, 4) is 11.5 Å². The molecule has 0 bridgehead atoms. The zero-order valence-corrected chi connectivity index (χ0v) is 18.7. The van der Waals surface area contributed by atoms with Crippen LogP contribution in [0.4, 0.5) is 5.95 Å².